The van der Waals surface area contributed by atoms with E-state index in [9.17, 15) is 23.1 Å². The van der Waals surface area contributed by atoms with E-state index in [2.05, 4.69) is 4.98 Å². The average molecular weight is 272 g/mol. The number of carbonyl (C=O) groups is 1. The second-order valence-corrected chi connectivity index (χ2v) is 4.35. The molecule has 0 bridgehead atoms. The molecule has 0 aliphatic carbocycles. The highest BCUT2D eigenvalue weighted by Gasteiger charge is 2.37. The predicted octanol–water partition coefficient (Wildman–Crippen LogP) is 2.19. The Morgan fingerprint density at radius 2 is 1.83 bits per heavy atom. The van der Waals surface area contributed by atoms with E-state index in [0.717, 1.165) is 0 Å². The number of carboxylic acid groups (broad SMARTS) is 1. The Bertz CT molecular complexity index is 578. The van der Waals surface area contributed by atoms with Crippen LogP contribution in [0.15, 0.2) is 30.3 Å². The predicted molar refractivity (Wildman–Crippen MR) is 56.9 cm³/mol. The number of halogens is 3. The van der Waals surface area contributed by atoms with E-state index >= 15 is 0 Å². The normalized spacial score (nSPS) is 11.5. The van der Waals surface area contributed by atoms with Gasteiger partial charge in [0.25, 0.3) is 0 Å². The lowest BCUT2D eigenvalue weighted by atomic mass is 10.2. The van der Waals surface area contributed by atoms with Crippen molar-refractivity contribution in [3.8, 4) is 10.6 Å². The summed E-state index contributed by atoms with van der Waals surface area (Å²) in [7, 11) is 0. The lowest BCUT2D eigenvalue weighted by Crippen LogP contribution is -2.24. The maximum atomic E-state index is 12.6. The van der Waals surface area contributed by atoms with Crippen molar-refractivity contribution in [3.05, 3.63) is 40.9 Å². The summed E-state index contributed by atoms with van der Waals surface area (Å²) < 4.78 is 37.8. The molecule has 7 heteroatoms. The molecule has 1 aromatic heterocycles. The third-order valence-corrected chi connectivity index (χ3v) is 3.19. The number of thiazole rings is 1. The number of benzene rings is 1. The Morgan fingerprint density at radius 3 is 2.28 bits per heavy atom. The zero-order valence-corrected chi connectivity index (χ0v) is 9.51. The molecule has 2 aromatic rings. The quantitative estimate of drug-likeness (QED) is 0.842. The van der Waals surface area contributed by atoms with Crippen LogP contribution in [-0.2, 0) is 6.18 Å². The Kier molecular flexibility index (Phi) is 3.08. The molecule has 0 atom stereocenters. The topological polar surface area (TPSA) is 53.0 Å². The number of aromatic nitrogens is 1. The molecule has 1 aromatic carbocycles. The summed E-state index contributed by atoms with van der Waals surface area (Å²) in [5.74, 6) is -1.87. The van der Waals surface area contributed by atoms with E-state index in [1.54, 1.807) is 30.3 Å². The van der Waals surface area contributed by atoms with Gasteiger partial charge in [-0.05, 0) is 0 Å². The molecule has 0 amide bonds. The number of aromatic carboxylic acids is 1. The summed E-state index contributed by atoms with van der Waals surface area (Å²) in [5.41, 5.74) is -0.980. The zero-order chi connectivity index (χ0) is 13.3. The molecule has 0 aliphatic rings. The van der Waals surface area contributed by atoms with E-state index in [4.69, 9.17) is 0 Å². The maximum absolute atomic E-state index is 12.6. The van der Waals surface area contributed by atoms with Crippen LogP contribution >= 0.6 is 11.3 Å². The van der Waals surface area contributed by atoms with Crippen LogP contribution in [0.5, 0.6) is 0 Å². The van der Waals surface area contributed by atoms with Crippen molar-refractivity contribution in [2.45, 2.75) is 6.18 Å². The molecule has 0 unspecified atom stereocenters. The number of hydrogen-bond donors (Lipinski definition) is 0. The van der Waals surface area contributed by atoms with Gasteiger partial charge in [-0.25, -0.2) is 4.98 Å². The molecule has 1 heterocycles. The minimum absolute atomic E-state index is 0.00197. The monoisotopic (exact) mass is 272 g/mol. The fraction of sp³-hybridized carbons (Fsp3) is 0.0909. The van der Waals surface area contributed by atoms with Crippen LogP contribution in [0.4, 0.5) is 13.2 Å². The summed E-state index contributed by atoms with van der Waals surface area (Å²) in [6.45, 7) is 0. The summed E-state index contributed by atoms with van der Waals surface area (Å²) in [4.78, 5) is 13.1. The summed E-state index contributed by atoms with van der Waals surface area (Å²) in [5, 5.41) is 10.7. The molecule has 0 aliphatic heterocycles. The summed E-state index contributed by atoms with van der Waals surface area (Å²) >= 11 is 0.454. The number of alkyl halides is 3. The third kappa shape index (κ3) is 2.35. The number of hydrogen-bond acceptors (Lipinski definition) is 4. The summed E-state index contributed by atoms with van der Waals surface area (Å²) in [6, 6.07) is 8.06. The smallest absolute Gasteiger partial charge is 0.434 e. The van der Waals surface area contributed by atoms with Gasteiger partial charge in [0, 0.05) is 5.56 Å². The molecule has 0 saturated heterocycles. The third-order valence-electron chi connectivity index (χ3n) is 2.10. The first-order valence-corrected chi connectivity index (χ1v) is 5.56. The van der Waals surface area contributed by atoms with Crippen LogP contribution in [-0.4, -0.2) is 11.0 Å². The molecule has 2 rings (SSSR count). The second-order valence-electron chi connectivity index (χ2n) is 3.35. The molecule has 0 saturated carbocycles. The van der Waals surface area contributed by atoms with Gasteiger partial charge in [-0.1, -0.05) is 30.3 Å². The van der Waals surface area contributed by atoms with Crippen LogP contribution in [0.1, 0.15) is 15.4 Å². The highest BCUT2D eigenvalue weighted by atomic mass is 32.1. The lowest BCUT2D eigenvalue weighted by Gasteiger charge is -2.05. The highest BCUT2D eigenvalue weighted by molar-refractivity contribution is 7.17. The van der Waals surface area contributed by atoms with Gasteiger partial charge < -0.3 is 9.90 Å². The van der Waals surface area contributed by atoms with Gasteiger partial charge in [0.15, 0.2) is 5.69 Å². The molecule has 94 valence electrons. The number of carbonyl (C=O) groups excluding carboxylic acids is 1. The molecule has 18 heavy (non-hydrogen) atoms. The van der Waals surface area contributed by atoms with Crippen molar-refractivity contribution in [3.63, 3.8) is 0 Å². The highest BCUT2D eigenvalue weighted by Crippen LogP contribution is 2.37. The first-order valence-electron chi connectivity index (χ1n) is 4.74. The standard InChI is InChI=1S/C11H6F3NO2S/c12-11(13,14)8-7(10(16)17)18-9(15-8)6-4-2-1-3-5-6/h1-5H,(H,16,17)/p-1. The minimum Gasteiger partial charge on any atom is -0.544 e. The van der Waals surface area contributed by atoms with Gasteiger partial charge in [-0.3, -0.25) is 0 Å². The van der Waals surface area contributed by atoms with Crippen LogP contribution in [0.3, 0.4) is 0 Å². The number of rotatable bonds is 2. The zero-order valence-electron chi connectivity index (χ0n) is 8.69. The van der Waals surface area contributed by atoms with E-state index in [-0.39, 0.29) is 5.01 Å². The number of carboxylic acids is 1. The molecule has 0 radical (unpaired) electrons. The molecule has 0 spiro atoms. The van der Waals surface area contributed by atoms with Gasteiger partial charge in [0.05, 0.1) is 10.8 Å². The van der Waals surface area contributed by atoms with Crippen molar-refractivity contribution in [1.29, 1.82) is 0 Å². The molecule has 0 N–H and O–H groups in total. The SMILES string of the molecule is O=C([O-])c1sc(-c2ccccc2)nc1C(F)(F)F. The molecular weight excluding hydrogens is 267 g/mol. The van der Waals surface area contributed by atoms with Gasteiger partial charge in [0.1, 0.15) is 5.01 Å². The summed E-state index contributed by atoms with van der Waals surface area (Å²) in [6.07, 6.45) is -4.81. The van der Waals surface area contributed by atoms with E-state index in [1.165, 1.54) is 0 Å². The molecular formula is C11H5F3NO2S-. The van der Waals surface area contributed by atoms with E-state index in [1.807, 2.05) is 0 Å². The van der Waals surface area contributed by atoms with Crippen molar-refractivity contribution in [2.75, 3.05) is 0 Å². The Labute approximate surface area is 104 Å². The van der Waals surface area contributed by atoms with E-state index < -0.39 is 22.7 Å². The second kappa shape index (κ2) is 4.41. The van der Waals surface area contributed by atoms with Crippen LogP contribution in [0, 0.1) is 0 Å². The Hall–Kier alpha value is -1.89. The fourth-order valence-corrected chi connectivity index (χ4v) is 2.28. The fourth-order valence-electron chi connectivity index (χ4n) is 1.35. The van der Waals surface area contributed by atoms with Crippen molar-refractivity contribution in [2.24, 2.45) is 0 Å². The minimum atomic E-state index is -4.81. The van der Waals surface area contributed by atoms with Crippen LogP contribution in [0.25, 0.3) is 10.6 Å². The Morgan fingerprint density at radius 1 is 1.22 bits per heavy atom. The van der Waals surface area contributed by atoms with Crippen molar-refractivity contribution in [1.82, 2.24) is 4.98 Å². The average Bonchev–Trinajstić information content (AvgIpc) is 2.74. The van der Waals surface area contributed by atoms with Crippen molar-refractivity contribution < 1.29 is 23.1 Å². The van der Waals surface area contributed by atoms with Crippen LogP contribution in [0.2, 0.25) is 0 Å². The Balaban J connectivity index is 2.57. The van der Waals surface area contributed by atoms with Gasteiger partial charge in [-0.15, -0.1) is 11.3 Å². The molecule has 0 fully saturated rings. The number of nitrogens with zero attached hydrogens (tertiary/aromatic N) is 1. The first-order chi connectivity index (χ1) is 8.39. The van der Waals surface area contributed by atoms with Gasteiger partial charge in [-0.2, -0.15) is 13.2 Å². The molecule has 3 nitrogen and oxygen atoms in total. The van der Waals surface area contributed by atoms with Crippen molar-refractivity contribution >= 4 is 17.3 Å². The van der Waals surface area contributed by atoms with Gasteiger partial charge in [0.2, 0.25) is 0 Å². The van der Waals surface area contributed by atoms with Crippen LogP contribution < -0.4 is 5.11 Å². The van der Waals surface area contributed by atoms with E-state index in [0.29, 0.717) is 16.9 Å². The maximum Gasteiger partial charge on any atom is 0.434 e. The largest absolute Gasteiger partial charge is 0.544 e. The van der Waals surface area contributed by atoms with Gasteiger partial charge >= 0.3 is 6.18 Å². The lowest BCUT2D eigenvalue weighted by molar-refractivity contribution is -0.255. The first kappa shape index (κ1) is 12.6.